The second kappa shape index (κ2) is 5.14. The van der Waals surface area contributed by atoms with Gasteiger partial charge in [-0.3, -0.25) is 4.68 Å². The summed E-state index contributed by atoms with van der Waals surface area (Å²) in [5.41, 5.74) is 0.845. The molecule has 1 N–H and O–H groups in total. The molecule has 2 aromatic rings. The van der Waals surface area contributed by atoms with Gasteiger partial charge < -0.3 is 9.67 Å². The highest BCUT2D eigenvalue weighted by molar-refractivity contribution is 5.10. The van der Waals surface area contributed by atoms with Crippen LogP contribution in [0.4, 0.5) is 0 Å². The second-order valence-electron chi connectivity index (χ2n) is 3.98. The first-order valence-electron chi connectivity index (χ1n) is 5.95. The first-order valence-corrected chi connectivity index (χ1v) is 5.95. The molecule has 0 aromatic carbocycles. The van der Waals surface area contributed by atoms with E-state index in [1.807, 2.05) is 28.6 Å². The Morgan fingerprint density at radius 1 is 1.35 bits per heavy atom. The van der Waals surface area contributed by atoms with Crippen molar-refractivity contribution in [1.29, 1.82) is 0 Å². The number of rotatable bonds is 5. The molecule has 0 aliphatic heterocycles. The molecule has 1 atom stereocenters. The summed E-state index contributed by atoms with van der Waals surface area (Å²) in [5, 5.41) is 14.3. The fourth-order valence-corrected chi connectivity index (χ4v) is 1.83. The fraction of sp³-hybridized carbons (Fsp3) is 0.500. The smallest absolute Gasteiger partial charge is 0.111 e. The van der Waals surface area contributed by atoms with Gasteiger partial charge in [-0.05, 0) is 13.8 Å². The maximum absolute atomic E-state index is 10.1. The zero-order valence-corrected chi connectivity index (χ0v) is 10.2. The van der Waals surface area contributed by atoms with Crippen LogP contribution >= 0.6 is 0 Å². The Bertz CT molecular complexity index is 474. The standard InChI is InChI=1S/C12H18N4O/c1-3-15-6-5-13-12(15)7-11(17)10-8-14-16(4-2)9-10/h5-6,8-9,11,17H,3-4,7H2,1-2H3. The fourth-order valence-electron chi connectivity index (χ4n) is 1.83. The minimum atomic E-state index is -0.539. The molecular formula is C12H18N4O. The molecule has 0 saturated carbocycles. The molecule has 17 heavy (non-hydrogen) atoms. The molecule has 0 radical (unpaired) electrons. The summed E-state index contributed by atoms with van der Waals surface area (Å²) in [6.45, 7) is 5.77. The van der Waals surface area contributed by atoms with Crippen molar-refractivity contribution in [3.63, 3.8) is 0 Å². The molecule has 0 bridgehead atoms. The monoisotopic (exact) mass is 234 g/mol. The maximum Gasteiger partial charge on any atom is 0.111 e. The molecule has 5 nitrogen and oxygen atoms in total. The van der Waals surface area contributed by atoms with E-state index >= 15 is 0 Å². The minimum Gasteiger partial charge on any atom is -0.388 e. The average Bonchev–Trinajstić information content (AvgIpc) is 2.96. The Morgan fingerprint density at radius 2 is 2.18 bits per heavy atom. The lowest BCUT2D eigenvalue weighted by Crippen LogP contribution is -2.07. The first kappa shape index (κ1) is 11.9. The van der Waals surface area contributed by atoms with E-state index in [2.05, 4.69) is 17.0 Å². The Kier molecular flexibility index (Phi) is 3.58. The van der Waals surface area contributed by atoms with Crippen molar-refractivity contribution in [2.24, 2.45) is 0 Å². The van der Waals surface area contributed by atoms with Crippen LogP contribution in [0, 0.1) is 0 Å². The Labute approximate surface area is 101 Å². The van der Waals surface area contributed by atoms with Gasteiger partial charge in [0.1, 0.15) is 5.82 Å². The van der Waals surface area contributed by atoms with E-state index in [9.17, 15) is 5.11 Å². The predicted molar refractivity (Wildman–Crippen MR) is 64.5 cm³/mol. The van der Waals surface area contributed by atoms with E-state index < -0.39 is 6.10 Å². The maximum atomic E-state index is 10.1. The highest BCUT2D eigenvalue weighted by atomic mass is 16.3. The Hall–Kier alpha value is -1.62. The van der Waals surface area contributed by atoms with Crippen LogP contribution in [0.3, 0.4) is 0 Å². The number of hydrogen-bond donors (Lipinski definition) is 1. The van der Waals surface area contributed by atoms with Crippen molar-refractivity contribution < 1.29 is 5.11 Å². The van der Waals surface area contributed by atoms with Gasteiger partial charge in [0.25, 0.3) is 0 Å². The van der Waals surface area contributed by atoms with E-state index in [1.165, 1.54) is 0 Å². The summed E-state index contributed by atoms with van der Waals surface area (Å²) in [5.74, 6) is 0.907. The Morgan fingerprint density at radius 3 is 2.82 bits per heavy atom. The van der Waals surface area contributed by atoms with E-state index in [0.29, 0.717) is 6.42 Å². The predicted octanol–water partition coefficient (Wildman–Crippen LogP) is 1.40. The van der Waals surface area contributed by atoms with Crippen LogP contribution in [0.2, 0.25) is 0 Å². The number of aryl methyl sites for hydroxylation is 2. The van der Waals surface area contributed by atoms with E-state index in [4.69, 9.17) is 0 Å². The molecule has 0 aliphatic rings. The highest BCUT2D eigenvalue weighted by Crippen LogP contribution is 2.16. The summed E-state index contributed by atoms with van der Waals surface area (Å²) in [7, 11) is 0. The van der Waals surface area contributed by atoms with Gasteiger partial charge in [0.05, 0.1) is 12.3 Å². The first-order chi connectivity index (χ1) is 8.24. The van der Waals surface area contributed by atoms with Crippen molar-refractivity contribution in [2.75, 3.05) is 0 Å². The van der Waals surface area contributed by atoms with E-state index in [0.717, 1.165) is 24.5 Å². The van der Waals surface area contributed by atoms with E-state index in [1.54, 1.807) is 12.4 Å². The van der Waals surface area contributed by atoms with Crippen molar-refractivity contribution in [2.45, 2.75) is 39.5 Å². The molecule has 0 aliphatic carbocycles. The molecule has 2 rings (SSSR count). The van der Waals surface area contributed by atoms with E-state index in [-0.39, 0.29) is 0 Å². The third-order valence-corrected chi connectivity index (χ3v) is 2.88. The van der Waals surface area contributed by atoms with Crippen LogP contribution in [-0.4, -0.2) is 24.4 Å². The van der Waals surface area contributed by atoms with Crippen LogP contribution in [0.25, 0.3) is 0 Å². The summed E-state index contributed by atoms with van der Waals surface area (Å²) in [4.78, 5) is 4.26. The number of hydrogen-bond acceptors (Lipinski definition) is 3. The normalized spacial score (nSPS) is 12.9. The lowest BCUT2D eigenvalue weighted by molar-refractivity contribution is 0.174. The van der Waals surface area contributed by atoms with Crippen LogP contribution in [0.1, 0.15) is 31.3 Å². The highest BCUT2D eigenvalue weighted by Gasteiger charge is 2.13. The molecule has 0 fully saturated rings. The molecular weight excluding hydrogens is 216 g/mol. The summed E-state index contributed by atoms with van der Waals surface area (Å²) >= 11 is 0. The zero-order valence-electron chi connectivity index (χ0n) is 10.2. The van der Waals surface area contributed by atoms with Gasteiger partial charge in [0.15, 0.2) is 0 Å². The lowest BCUT2D eigenvalue weighted by atomic mass is 10.1. The number of nitrogens with zero attached hydrogens (tertiary/aromatic N) is 4. The van der Waals surface area contributed by atoms with Gasteiger partial charge >= 0.3 is 0 Å². The summed E-state index contributed by atoms with van der Waals surface area (Å²) < 4.78 is 3.85. The second-order valence-corrected chi connectivity index (χ2v) is 3.98. The summed E-state index contributed by atoms with van der Waals surface area (Å²) in [6.07, 6.45) is 7.27. The van der Waals surface area contributed by atoms with Crippen molar-refractivity contribution in [3.05, 3.63) is 36.2 Å². The number of imidazole rings is 1. The molecule has 0 saturated heterocycles. The summed E-state index contributed by atoms with van der Waals surface area (Å²) in [6, 6.07) is 0. The minimum absolute atomic E-state index is 0.524. The van der Waals surface area contributed by atoms with Gasteiger partial charge in [-0.2, -0.15) is 5.10 Å². The van der Waals surface area contributed by atoms with Crippen molar-refractivity contribution in [3.8, 4) is 0 Å². The van der Waals surface area contributed by atoms with Gasteiger partial charge in [-0.15, -0.1) is 0 Å². The van der Waals surface area contributed by atoms with Gasteiger partial charge in [0, 0.05) is 43.7 Å². The molecule has 1 unspecified atom stereocenters. The van der Waals surface area contributed by atoms with Gasteiger partial charge in [-0.25, -0.2) is 4.98 Å². The number of aliphatic hydroxyl groups excluding tert-OH is 1. The van der Waals surface area contributed by atoms with Gasteiger partial charge in [0.2, 0.25) is 0 Å². The van der Waals surface area contributed by atoms with Gasteiger partial charge in [-0.1, -0.05) is 0 Å². The molecule has 2 heterocycles. The van der Waals surface area contributed by atoms with Crippen LogP contribution in [0.15, 0.2) is 24.8 Å². The van der Waals surface area contributed by atoms with Crippen molar-refractivity contribution >= 4 is 0 Å². The van der Waals surface area contributed by atoms with Crippen molar-refractivity contribution in [1.82, 2.24) is 19.3 Å². The SMILES string of the molecule is CCn1cc(C(O)Cc2nccn2CC)cn1. The quantitative estimate of drug-likeness (QED) is 0.850. The molecule has 2 aromatic heterocycles. The molecule has 92 valence electrons. The average molecular weight is 234 g/mol. The zero-order chi connectivity index (χ0) is 12.3. The van der Waals surface area contributed by atoms with Crippen LogP contribution in [-0.2, 0) is 19.5 Å². The Balaban J connectivity index is 2.08. The third-order valence-electron chi connectivity index (χ3n) is 2.88. The molecule has 0 amide bonds. The largest absolute Gasteiger partial charge is 0.388 e. The number of aromatic nitrogens is 4. The van der Waals surface area contributed by atoms with Crippen LogP contribution < -0.4 is 0 Å². The van der Waals surface area contributed by atoms with Crippen LogP contribution in [0.5, 0.6) is 0 Å². The topological polar surface area (TPSA) is 55.9 Å². The molecule has 0 spiro atoms. The lowest BCUT2D eigenvalue weighted by Gasteiger charge is -2.09. The third kappa shape index (κ3) is 2.55. The number of aliphatic hydroxyl groups is 1. The molecule has 5 heteroatoms.